The number of aliphatic imine (C=N–C) groups is 1. The van der Waals surface area contributed by atoms with Crippen LogP contribution < -0.4 is 16.8 Å². The number of anilines is 1. The Hall–Kier alpha value is -0.820. The number of amidine groups is 1. The zero-order valence-electron chi connectivity index (χ0n) is 6.79. The molecule has 0 aromatic heterocycles. The Kier molecular flexibility index (Phi) is 2.12. The van der Waals surface area contributed by atoms with Gasteiger partial charge >= 0.3 is 0 Å². The third kappa shape index (κ3) is 1.61. The Morgan fingerprint density at radius 3 is 3.00 bits per heavy atom. The van der Waals surface area contributed by atoms with Crippen molar-refractivity contribution in [3.05, 3.63) is 27.3 Å². The molecule has 1 aliphatic heterocycles. The maximum Gasteiger partial charge on any atom is 0.173 e. The molecule has 1 aromatic rings. The van der Waals surface area contributed by atoms with Crippen molar-refractivity contribution in [2.75, 3.05) is 5.32 Å². The number of hydrogen-bond acceptors (Lipinski definition) is 4. The third-order valence-electron chi connectivity index (χ3n) is 1.84. The SMILES string of the molecule is NC1=NC(N)Nc2ccc(I)cc21. The first kappa shape index (κ1) is 8.76. The van der Waals surface area contributed by atoms with E-state index in [9.17, 15) is 0 Å². The van der Waals surface area contributed by atoms with Crippen molar-refractivity contribution in [3.8, 4) is 0 Å². The fourth-order valence-electron chi connectivity index (χ4n) is 1.27. The molecule has 1 heterocycles. The topological polar surface area (TPSA) is 76.4 Å². The summed E-state index contributed by atoms with van der Waals surface area (Å²) in [5.74, 6) is 0.500. The van der Waals surface area contributed by atoms with E-state index in [0.717, 1.165) is 14.8 Å². The number of rotatable bonds is 0. The van der Waals surface area contributed by atoms with Gasteiger partial charge in [-0.25, -0.2) is 4.99 Å². The Bertz CT molecular complexity index is 374. The van der Waals surface area contributed by atoms with Gasteiger partial charge < -0.3 is 11.1 Å². The van der Waals surface area contributed by atoms with E-state index in [1.807, 2.05) is 18.2 Å². The van der Waals surface area contributed by atoms with E-state index in [2.05, 4.69) is 32.9 Å². The summed E-state index contributed by atoms with van der Waals surface area (Å²) < 4.78 is 1.13. The van der Waals surface area contributed by atoms with E-state index >= 15 is 0 Å². The van der Waals surface area contributed by atoms with Gasteiger partial charge in [0.25, 0.3) is 0 Å². The zero-order valence-corrected chi connectivity index (χ0v) is 8.95. The van der Waals surface area contributed by atoms with Gasteiger partial charge in [-0.05, 0) is 40.8 Å². The quantitative estimate of drug-likeness (QED) is 0.614. The van der Waals surface area contributed by atoms with Gasteiger partial charge in [0.1, 0.15) is 5.84 Å². The average Bonchev–Trinajstić information content (AvgIpc) is 2.06. The molecule has 0 aliphatic carbocycles. The van der Waals surface area contributed by atoms with Crippen molar-refractivity contribution in [1.29, 1.82) is 0 Å². The van der Waals surface area contributed by atoms with Crippen LogP contribution in [0.15, 0.2) is 23.2 Å². The Labute approximate surface area is 89.5 Å². The lowest BCUT2D eigenvalue weighted by atomic mass is 10.1. The largest absolute Gasteiger partial charge is 0.383 e. The Morgan fingerprint density at radius 2 is 2.23 bits per heavy atom. The fraction of sp³-hybridized carbons (Fsp3) is 0.125. The number of nitrogens with one attached hydrogen (secondary N) is 1. The standard InChI is InChI=1S/C8H9IN4/c9-4-1-2-6-5(3-4)7(10)13-8(11)12-6/h1-3,8,12H,11H2,(H2,10,13). The minimum atomic E-state index is -0.424. The molecular formula is C8H9IN4. The first-order valence-corrected chi connectivity index (χ1v) is 4.90. The zero-order chi connectivity index (χ0) is 9.42. The summed E-state index contributed by atoms with van der Waals surface area (Å²) in [6.45, 7) is 0. The third-order valence-corrected chi connectivity index (χ3v) is 2.51. The van der Waals surface area contributed by atoms with Crippen molar-refractivity contribution in [2.24, 2.45) is 16.5 Å². The van der Waals surface area contributed by atoms with Crippen molar-refractivity contribution in [2.45, 2.75) is 6.29 Å². The normalized spacial score (nSPS) is 20.2. The van der Waals surface area contributed by atoms with Crippen LogP contribution in [-0.4, -0.2) is 12.1 Å². The highest BCUT2D eigenvalue weighted by Crippen LogP contribution is 2.21. The minimum absolute atomic E-state index is 0.424. The Balaban J connectivity index is 2.54. The van der Waals surface area contributed by atoms with Crippen LogP contribution in [0.2, 0.25) is 0 Å². The van der Waals surface area contributed by atoms with Crippen LogP contribution in [0.3, 0.4) is 0 Å². The lowest BCUT2D eigenvalue weighted by Crippen LogP contribution is -2.35. The number of nitrogens with zero attached hydrogens (tertiary/aromatic N) is 1. The molecule has 0 spiro atoms. The lowest BCUT2D eigenvalue weighted by Gasteiger charge is -2.20. The van der Waals surface area contributed by atoms with Gasteiger partial charge in [0.15, 0.2) is 6.29 Å². The van der Waals surface area contributed by atoms with Crippen LogP contribution >= 0.6 is 22.6 Å². The van der Waals surface area contributed by atoms with E-state index in [1.54, 1.807) is 0 Å². The fourth-order valence-corrected chi connectivity index (χ4v) is 1.76. The lowest BCUT2D eigenvalue weighted by molar-refractivity contribution is 0.798. The first-order chi connectivity index (χ1) is 6.16. The second-order valence-electron chi connectivity index (χ2n) is 2.79. The molecule has 1 aromatic carbocycles. The van der Waals surface area contributed by atoms with Crippen LogP contribution in [0, 0.1) is 3.57 Å². The molecule has 0 saturated carbocycles. The molecular weight excluding hydrogens is 279 g/mol. The minimum Gasteiger partial charge on any atom is -0.383 e. The molecule has 68 valence electrons. The molecule has 0 amide bonds. The van der Waals surface area contributed by atoms with Crippen molar-refractivity contribution in [1.82, 2.24) is 0 Å². The molecule has 4 nitrogen and oxygen atoms in total. The van der Waals surface area contributed by atoms with Gasteiger partial charge in [0.2, 0.25) is 0 Å². The van der Waals surface area contributed by atoms with E-state index in [0.29, 0.717) is 5.84 Å². The summed E-state index contributed by atoms with van der Waals surface area (Å²) >= 11 is 2.23. The van der Waals surface area contributed by atoms with Gasteiger partial charge in [-0.1, -0.05) is 0 Å². The number of halogens is 1. The molecule has 0 fully saturated rings. The highest BCUT2D eigenvalue weighted by Gasteiger charge is 2.14. The summed E-state index contributed by atoms with van der Waals surface area (Å²) in [6, 6.07) is 5.93. The molecule has 0 saturated heterocycles. The van der Waals surface area contributed by atoms with E-state index in [4.69, 9.17) is 11.5 Å². The van der Waals surface area contributed by atoms with Crippen molar-refractivity contribution < 1.29 is 0 Å². The van der Waals surface area contributed by atoms with E-state index in [-0.39, 0.29) is 0 Å². The van der Waals surface area contributed by atoms with Gasteiger partial charge in [-0.2, -0.15) is 0 Å². The molecule has 13 heavy (non-hydrogen) atoms. The Morgan fingerprint density at radius 1 is 1.46 bits per heavy atom. The molecule has 0 bridgehead atoms. The molecule has 0 radical (unpaired) electrons. The van der Waals surface area contributed by atoms with Crippen LogP contribution in [0.1, 0.15) is 5.56 Å². The van der Waals surface area contributed by atoms with E-state index in [1.165, 1.54) is 0 Å². The van der Waals surface area contributed by atoms with E-state index < -0.39 is 6.29 Å². The molecule has 1 aliphatic rings. The predicted octanol–water partition coefficient (Wildman–Crippen LogP) is 0.664. The molecule has 5 heteroatoms. The van der Waals surface area contributed by atoms with Crippen molar-refractivity contribution in [3.63, 3.8) is 0 Å². The maximum atomic E-state index is 5.73. The smallest absolute Gasteiger partial charge is 0.173 e. The maximum absolute atomic E-state index is 5.73. The second kappa shape index (κ2) is 3.15. The number of fused-ring (bicyclic) bond motifs is 1. The number of benzene rings is 1. The average molecular weight is 288 g/mol. The highest BCUT2D eigenvalue weighted by atomic mass is 127. The summed E-state index contributed by atoms with van der Waals surface area (Å²) in [4.78, 5) is 4.02. The molecule has 2 rings (SSSR count). The van der Waals surface area contributed by atoms with Crippen molar-refractivity contribution >= 4 is 34.1 Å². The monoisotopic (exact) mass is 288 g/mol. The summed E-state index contributed by atoms with van der Waals surface area (Å²) in [7, 11) is 0. The molecule has 1 atom stereocenters. The number of hydrogen-bond donors (Lipinski definition) is 3. The second-order valence-corrected chi connectivity index (χ2v) is 4.04. The summed E-state index contributed by atoms with van der Waals surface area (Å²) in [6.07, 6.45) is -0.424. The predicted molar refractivity (Wildman–Crippen MR) is 61.5 cm³/mol. The number of nitrogens with two attached hydrogens (primary N) is 2. The first-order valence-electron chi connectivity index (χ1n) is 3.82. The van der Waals surface area contributed by atoms with Gasteiger partial charge in [0.05, 0.1) is 0 Å². The van der Waals surface area contributed by atoms with Crippen LogP contribution in [0.4, 0.5) is 5.69 Å². The highest BCUT2D eigenvalue weighted by molar-refractivity contribution is 14.1. The molecule has 5 N–H and O–H groups in total. The summed E-state index contributed by atoms with van der Waals surface area (Å²) in [5, 5.41) is 3.02. The summed E-state index contributed by atoms with van der Waals surface area (Å²) in [5.41, 5.74) is 13.2. The van der Waals surface area contributed by atoms with Gasteiger partial charge in [0, 0.05) is 14.8 Å². The van der Waals surface area contributed by atoms with Crippen LogP contribution in [0.5, 0.6) is 0 Å². The van der Waals surface area contributed by atoms with Gasteiger partial charge in [-0.15, -0.1) is 0 Å². The molecule has 1 unspecified atom stereocenters. The van der Waals surface area contributed by atoms with Crippen LogP contribution in [-0.2, 0) is 0 Å². The van der Waals surface area contributed by atoms with Gasteiger partial charge in [-0.3, -0.25) is 5.73 Å². The van der Waals surface area contributed by atoms with Crippen LogP contribution in [0.25, 0.3) is 0 Å².